The number of amides is 1. The number of carbonyl (C=O) groups excluding carboxylic acids is 1. The van der Waals surface area contributed by atoms with Crippen molar-refractivity contribution in [1.82, 2.24) is 15.0 Å². The van der Waals surface area contributed by atoms with Crippen LogP contribution in [0.3, 0.4) is 0 Å². The average Bonchev–Trinajstić information content (AvgIpc) is 2.46. The van der Waals surface area contributed by atoms with Crippen LogP contribution in [0, 0.1) is 11.8 Å². The summed E-state index contributed by atoms with van der Waals surface area (Å²) in [5.41, 5.74) is 0.880. The van der Waals surface area contributed by atoms with Crippen LogP contribution < -0.4 is 5.32 Å². The fourth-order valence-corrected chi connectivity index (χ4v) is 1.29. The molecule has 0 radical (unpaired) electrons. The van der Waals surface area contributed by atoms with Gasteiger partial charge in [-0.3, -0.25) is 9.78 Å². The highest BCUT2D eigenvalue weighted by atomic mass is 16.2. The lowest BCUT2D eigenvalue weighted by Crippen LogP contribution is -2.14. The van der Waals surface area contributed by atoms with Gasteiger partial charge >= 0.3 is 0 Å². The van der Waals surface area contributed by atoms with Crippen LogP contribution in [0.25, 0.3) is 0 Å². The van der Waals surface area contributed by atoms with E-state index in [9.17, 15) is 4.79 Å². The van der Waals surface area contributed by atoms with Gasteiger partial charge < -0.3 is 10.4 Å². The molecule has 2 rings (SSSR count). The third kappa shape index (κ3) is 3.59. The standard InChI is InChI=1S/C13H10N4O2/c18-7-1-2-10-3-4-11(16-8-10)13(19)17-12-9-14-5-6-15-12/h3-6,8-9,18H,7H2,(H,15,17,19). The van der Waals surface area contributed by atoms with Crippen LogP contribution in [0.1, 0.15) is 16.1 Å². The lowest BCUT2D eigenvalue weighted by molar-refractivity contribution is 0.102. The first-order valence-electron chi connectivity index (χ1n) is 5.43. The van der Waals surface area contributed by atoms with Crippen molar-refractivity contribution < 1.29 is 9.90 Å². The zero-order valence-corrected chi connectivity index (χ0v) is 9.87. The maximum atomic E-state index is 11.8. The number of nitrogens with zero attached hydrogens (tertiary/aromatic N) is 3. The van der Waals surface area contributed by atoms with E-state index in [1.165, 1.54) is 24.8 Å². The van der Waals surface area contributed by atoms with Gasteiger partial charge in [0.15, 0.2) is 5.82 Å². The number of rotatable bonds is 2. The summed E-state index contributed by atoms with van der Waals surface area (Å²) in [5, 5.41) is 11.1. The molecule has 94 valence electrons. The summed E-state index contributed by atoms with van der Waals surface area (Å²) in [4.78, 5) is 23.6. The van der Waals surface area contributed by atoms with Gasteiger partial charge in [-0.1, -0.05) is 11.8 Å². The molecule has 0 aromatic carbocycles. The van der Waals surface area contributed by atoms with Crippen molar-refractivity contribution in [2.75, 3.05) is 11.9 Å². The van der Waals surface area contributed by atoms with Crippen LogP contribution in [0.2, 0.25) is 0 Å². The second-order valence-corrected chi connectivity index (χ2v) is 3.44. The highest BCUT2D eigenvalue weighted by molar-refractivity contribution is 6.02. The zero-order valence-electron chi connectivity index (χ0n) is 9.87. The Morgan fingerprint density at radius 1 is 1.26 bits per heavy atom. The number of aliphatic hydroxyl groups excluding tert-OH is 1. The zero-order chi connectivity index (χ0) is 13.5. The van der Waals surface area contributed by atoms with E-state index in [-0.39, 0.29) is 18.2 Å². The van der Waals surface area contributed by atoms with Crippen LogP contribution >= 0.6 is 0 Å². The molecule has 2 aromatic heterocycles. The Morgan fingerprint density at radius 3 is 2.79 bits per heavy atom. The lowest BCUT2D eigenvalue weighted by atomic mass is 10.2. The van der Waals surface area contributed by atoms with Crippen LogP contribution in [0.5, 0.6) is 0 Å². The van der Waals surface area contributed by atoms with Gasteiger partial charge in [-0.25, -0.2) is 9.97 Å². The Balaban J connectivity index is 2.08. The molecule has 0 spiro atoms. The number of nitrogens with one attached hydrogen (secondary N) is 1. The third-order valence-corrected chi connectivity index (χ3v) is 2.11. The van der Waals surface area contributed by atoms with E-state index in [2.05, 4.69) is 32.1 Å². The predicted molar refractivity (Wildman–Crippen MR) is 68.2 cm³/mol. The van der Waals surface area contributed by atoms with Gasteiger partial charge in [-0.15, -0.1) is 0 Å². The summed E-state index contributed by atoms with van der Waals surface area (Å²) in [7, 11) is 0. The summed E-state index contributed by atoms with van der Waals surface area (Å²) >= 11 is 0. The van der Waals surface area contributed by atoms with Crippen molar-refractivity contribution in [2.45, 2.75) is 0 Å². The number of aliphatic hydroxyl groups is 1. The molecule has 0 saturated carbocycles. The Bertz CT molecular complexity index is 615. The molecule has 0 aliphatic rings. The molecule has 0 bridgehead atoms. The molecule has 0 atom stereocenters. The maximum absolute atomic E-state index is 11.8. The maximum Gasteiger partial charge on any atom is 0.275 e. The van der Waals surface area contributed by atoms with E-state index in [4.69, 9.17) is 5.11 Å². The van der Waals surface area contributed by atoms with Crippen molar-refractivity contribution in [3.63, 3.8) is 0 Å². The van der Waals surface area contributed by atoms with Crippen molar-refractivity contribution in [3.8, 4) is 11.8 Å². The van der Waals surface area contributed by atoms with Crippen molar-refractivity contribution in [1.29, 1.82) is 0 Å². The number of hydrogen-bond acceptors (Lipinski definition) is 5. The van der Waals surface area contributed by atoms with Gasteiger partial charge in [-0.05, 0) is 12.1 Å². The molecular formula is C13H10N4O2. The molecule has 1 amide bonds. The molecular weight excluding hydrogens is 244 g/mol. The molecule has 2 N–H and O–H groups in total. The van der Waals surface area contributed by atoms with Crippen LogP contribution in [-0.2, 0) is 0 Å². The Labute approximate surface area is 109 Å². The molecule has 0 saturated heterocycles. The average molecular weight is 254 g/mol. The van der Waals surface area contributed by atoms with Crippen LogP contribution in [-0.4, -0.2) is 32.6 Å². The minimum Gasteiger partial charge on any atom is -0.384 e. The van der Waals surface area contributed by atoms with E-state index in [0.29, 0.717) is 11.4 Å². The molecule has 2 heterocycles. The van der Waals surface area contributed by atoms with Gasteiger partial charge in [0, 0.05) is 24.2 Å². The normalized spacial score (nSPS) is 9.32. The molecule has 0 fully saturated rings. The minimum atomic E-state index is -0.373. The second-order valence-electron chi connectivity index (χ2n) is 3.44. The highest BCUT2D eigenvalue weighted by Gasteiger charge is 2.07. The molecule has 19 heavy (non-hydrogen) atoms. The Hall–Kier alpha value is -2.78. The first-order chi connectivity index (χ1) is 9.29. The second kappa shape index (κ2) is 6.23. The molecule has 6 nitrogen and oxygen atoms in total. The predicted octanol–water partition coefficient (Wildman–Crippen LogP) is 0.468. The van der Waals surface area contributed by atoms with Gasteiger partial charge in [0.2, 0.25) is 0 Å². The summed E-state index contributed by atoms with van der Waals surface area (Å²) < 4.78 is 0. The quantitative estimate of drug-likeness (QED) is 0.760. The number of hydrogen-bond donors (Lipinski definition) is 2. The number of anilines is 1. The van der Waals surface area contributed by atoms with Crippen LogP contribution in [0.4, 0.5) is 5.82 Å². The van der Waals surface area contributed by atoms with Gasteiger partial charge in [0.25, 0.3) is 5.91 Å². The number of pyridine rings is 1. The first-order valence-corrected chi connectivity index (χ1v) is 5.43. The van der Waals surface area contributed by atoms with E-state index in [1.54, 1.807) is 12.1 Å². The summed E-state index contributed by atoms with van der Waals surface area (Å²) in [6.45, 7) is -0.213. The number of aromatic nitrogens is 3. The van der Waals surface area contributed by atoms with Crippen molar-refractivity contribution in [2.24, 2.45) is 0 Å². The third-order valence-electron chi connectivity index (χ3n) is 2.11. The molecule has 0 aliphatic heterocycles. The Kier molecular flexibility index (Phi) is 4.16. The summed E-state index contributed by atoms with van der Waals surface area (Å²) in [6, 6.07) is 3.20. The molecule has 0 aliphatic carbocycles. The fourth-order valence-electron chi connectivity index (χ4n) is 1.29. The van der Waals surface area contributed by atoms with Crippen LogP contribution in [0.15, 0.2) is 36.9 Å². The minimum absolute atomic E-state index is 0.213. The fraction of sp³-hybridized carbons (Fsp3) is 0.0769. The lowest BCUT2D eigenvalue weighted by Gasteiger charge is -2.02. The topological polar surface area (TPSA) is 88.0 Å². The smallest absolute Gasteiger partial charge is 0.275 e. The number of carbonyl (C=O) groups is 1. The van der Waals surface area contributed by atoms with E-state index < -0.39 is 0 Å². The highest BCUT2D eigenvalue weighted by Crippen LogP contribution is 2.03. The summed E-state index contributed by atoms with van der Waals surface area (Å²) in [6.07, 6.45) is 5.91. The molecule has 0 unspecified atom stereocenters. The van der Waals surface area contributed by atoms with Gasteiger partial charge in [0.1, 0.15) is 12.3 Å². The van der Waals surface area contributed by atoms with Gasteiger partial charge in [-0.2, -0.15) is 0 Å². The van der Waals surface area contributed by atoms with E-state index in [0.717, 1.165) is 0 Å². The van der Waals surface area contributed by atoms with E-state index in [1.807, 2.05) is 0 Å². The molecule has 2 aromatic rings. The van der Waals surface area contributed by atoms with Crippen molar-refractivity contribution >= 4 is 11.7 Å². The Morgan fingerprint density at radius 2 is 2.16 bits per heavy atom. The largest absolute Gasteiger partial charge is 0.384 e. The summed E-state index contributed by atoms with van der Waals surface area (Å²) in [5.74, 6) is 5.18. The van der Waals surface area contributed by atoms with E-state index >= 15 is 0 Å². The SMILES string of the molecule is O=C(Nc1cnccn1)c1ccc(C#CCO)cn1. The molecule has 6 heteroatoms. The van der Waals surface area contributed by atoms with Crippen molar-refractivity contribution in [3.05, 3.63) is 48.2 Å². The van der Waals surface area contributed by atoms with Gasteiger partial charge in [0.05, 0.1) is 6.20 Å². The first kappa shape index (κ1) is 12.7. The monoisotopic (exact) mass is 254 g/mol.